The van der Waals surface area contributed by atoms with Crippen LogP contribution in [0.3, 0.4) is 0 Å². The maximum absolute atomic E-state index is 12.4. The molecule has 0 atom stereocenters. The lowest BCUT2D eigenvalue weighted by atomic mass is 10.1. The summed E-state index contributed by atoms with van der Waals surface area (Å²) in [6.45, 7) is 7.28. The molecule has 4 nitrogen and oxygen atoms in total. The van der Waals surface area contributed by atoms with E-state index in [9.17, 15) is 4.79 Å². The first-order chi connectivity index (χ1) is 11.5. The monoisotopic (exact) mass is 344 g/mol. The maximum Gasteiger partial charge on any atom is 0.255 e. The van der Waals surface area contributed by atoms with Gasteiger partial charge in [-0.15, -0.1) is 0 Å². The Morgan fingerprint density at radius 1 is 1.08 bits per heavy atom. The Morgan fingerprint density at radius 2 is 1.83 bits per heavy atom. The Balaban J connectivity index is 1.74. The number of anilines is 2. The van der Waals surface area contributed by atoms with Crippen molar-refractivity contribution in [1.29, 1.82) is 0 Å². The topological polar surface area (TPSA) is 41.6 Å². The molecule has 0 unspecified atom stereocenters. The fourth-order valence-corrected chi connectivity index (χ4v) is 3.01. The zero-order valence-corrected chi connectivity index (χ0v) is 14.7. The molecule has 1 N–H and O–H groups in total. The van der Waals surface area contributed by atoms with Gasteiger partial charge in [0.05, 0.1) is 13.2 Å². The second kappa shape index (κ2) is 7.24. The molecule has 1 saturated heterocycles. The van der Waals surface area contributed by atoms with Gasteiger partial charge in [-0.2, -0.15) is 0 Å². The van der Waals surface area contributed by atoms with Gasteiger partial charge in [0.15, 0.2) is 0 Å². The number of aryl methyl sites for hydroxylation is 2. The van der Waals surface area contributed by atoms with Gasteiger partial charge in [0, 0.05) is 35.1 Å². The van der Waals surface area contributed by atoms with Crippen LogP contribution in [-0.4, -0.2) is 32.2 Å². The average molecular weight is 345 g/mol. The summed E-state index contributed by atoms with van der Waals surface area (Å²) in [4.78, 5) is 14.7. The van der Waals surface area contributed by atoms with Crippen LogP contribution in [0.4, 0.5) is 11.4 Å². The van der Waals surface area contributed by atoms with E-state index in [0.29, 0.717) is 10.6 Å². The van der Waals surface area contributed by atoms with E-state index >= 15 is 0 Å². The van der Waals surface area contributed by atoms with Gasteiger partial charge in [0.1, 0.15) is 0 Å². The Bertz CT molecular complexity index is 755. The third-order valence-electron chi connectivity index (χ3n) is 4.24. The zero-order chi connectivity index (χ0) is 17.1. The van der Waals surface area contributed by atoms with Crippen LogP contribution in [0.25, 0.3) is 0 Å². The second-order valence-corrected chi connectivity index (χ2v) is 6.43. The highest BCUT2D eigenvalue weighted by molar-refractivity contribution is 6.31. The molecule has 0 spiro atoms. The van der Waals surface area contributed by atoms with Gasteiger partial charge >= 0.3 is 0 Å². The van der Waals surface area contributed by atoms with E-state index < -0.39 is 0 Å². The van der Waals surface area contributed by atoms with Crippen LogP contribution in [0.1, 0.15) is 21.5 Å². The molecule has 0 radical (unpaired) electrons. The van der Waals surface area contributed by atoms with E-state index in [-0.39, 0.29) is 5.91 Å². The minimum absolute atomic E-state index is 0.157. The standard InChI is InChI=1S/C19H21ClN2O2/c1-13-3-4-15(12-17(13)20)19(23)21-16-5-6-18(14(2)11-16)22-7-9-24-10-8-22/h3-6,11-12H,7-10H2,1-2H3,(H,21,23). The number of amides is 1. The number of hydrogen-bond acceptors (Lipinski definition) is 3. The van der Waals surface area contributed by atoms with Gasteiger partial charge in [-0.3, -0.25) is 4.79 Å². The largest absolute Gasteiger partial charge is 0.378 e. The van der Waals surface area contributed by atoms with E-state index in [4.69, 9.17) is 16.3 Å². The molecule has 1 aliphatic rings. The van der Waals surface area contributed by atoms with E-state index in [1.165, 1.54) is 5.69 Å². The zero-order valence-electron chi connectivity index (χ0n) is 13.9. The van der Waals surface area contributed by atoms with Crippen molar-refractivity contribution in [2.24, 2.45) is 0 Å². The van der Waals surface area contributed by atoms with Gasteiger partial charge in [0.25, 0.3) is 5.91 Å². The fraction of sp³-hybridized carbons (Fsp3) is 0.316. The Kier molecular flexibility index (Phi) is 5.07. The van der Waals surface area contributed by atoms with Gasteiger partial charge in [-0.25, -0.2) is 0 Å². The SMILES string of the molecule is Cc1ccc(C(=O)Nc2ccc(N3CCOCC3)c(C)c2)cc1Cl. The molecule has 1 fully saturated rings. The summed E-state index contributed by atoms with van der Waals surface area (Å²) in [6, 6.07) is 11.3. The molecule has 5 heteroatoms. The molecule has 1 amide bonds. The predicted molar refractivity (Wildman–Crippen MR) is 98.4 cm³/mol. The van der Waals surface area contributed by atoms with Gasteiger partial charge in [-0.05, 0) is 55.3 Å². The third kappa shape index (κ3) is 3.71. The number of nitrogens with one attached hydrogen (secondary N) is 1. The lowest BCUT2D eigenvalue weighted by molar-refractivity contribution is 0.102. The summed E-state index contributed by atoms with van der Waals surface area (Å²) in [5.41, 5.74) is 4.62. The first-order valence-electron chi connectivity index (χ1n) is 8.05. The highest BCUT2D eigenvalue weighted by Crippen LogP contribution is 2.25. The normalized spacial score (nSPS) is 14.5. The summed E-state index contributed by atoms with van der Waals surface area (Å²) in [7, 11) is 0. The Morgan fingerprint density at radius 3 is 2.50 bits per heavy atom. The first kappa shape index (κ1) is 16.8. The molecule has 1 aliphatic heterocycles. The minimum atomic E-state index is -0.157. The number of carbonyl (C=O) groups is 1. The van der Waals surface area contributed by atoms with Crippen LogP contribution >= 0.6 is 11.6 Å². The number of carbonyl (C=O) groups excluding carboxylic acids is 1. The molecule has 24 heavy (non-hydrogen) atoms. The van der Waals surface area contributed by atoms with E-state index in [1.54, 1.807) is 12.1 Å². The van der Waals surface area contributed by atoms with E-state index in [0.717, 1.165) is 43.1 Å². The van der Waals surface area contributed by atoms with Gasteiger partial charge in [-0.1, -0.05) is 17.7 Å². The first-order valence-corrected chi connectivity index (χ1v) is 8.43. The average Bonchev–Trinajstić information content (AvgIpc) is 2.58. The number of halogens is 1. The third-order valence-corrected chi connectivity index (χ3v) is 4.65. The Hall–Kier alpha value is -2.04. The molecule has 2 aromatic rings. The quantitative estimate of drug-likeness (QED) is 0.913. The highest BCUT2D eigenvalue weighted by atomic mass is 35.5. The van der Waals surface area contributed by atoms with Gasteiger partial charge in [0.2, 0.25) is 0 Å². The summed E-state index contributed by atoms with van der Waals surface area (Å²) in [6.07, 6.45) is 0. The number of ether oxygens (including phenoxy) is 1. The summed E-state index contributed by atoms with van der Waals surface area (Å²) in [5.74, 6) is -0.157. The molecule has 1 heterocycles. The van der Waals surface area contributed by atoms with Crippen molar-refractivity contribution in [1.82, 2.24) is 0 Å². The smallest absolute Gasteiger partial charge is 0.255 e. The molecule has 0 aromatic heterocycles. The summed E-state index contributed by atoms with van der Waals surface area (Å²) < 4.78 is 5.39. The Labute approximate surface area is 147 Å². The second-order valence-electron chi connectivity index (χ2n) is 6.02. The molecule has 0 bridgehead atoms. The number of benzene rings is 2. The molecular formula is C19H21ClN2O2. The van der Waals surface area contributed by atoms with Crippen molar-refractivity contribution in [2.45, 2.75) is 13.8 Å². The molecule has 2 aromatic carbocycles. The molecular weight excluding hydrogens is 324 g/mol. The van der Waals surface area contributed by atoms with Crippen LogP contribution < -0.4 is 10.2 Å². The van der Waals surface area contributed by atoms with Crippen molar-refractivity contribution < 1.29 is 9.53 Å². The van der Waals surface area contributed by atoms with Crippen LogP contribution in [0.5, 0.6) is 0 Å². The van der Waals surface area contributed by atoms with Crippen LogP contribution in [0.15, 0.2) is 36.4 Å². The van der Waals surface area contributed by atoms with Crippen molar-refractivity contribution >= 4 is 28.9 Å². The summed E-state index contributed by atoms with van der Waals surface area (Å²) in [5, 5.41) is 3.53. The van der Waals surface area contributed by atoms with Gasteiger partial charge < -0.3 is 15.0 Å². The highest BCUT2D eigenvalue weighted by Gasteiger charge is 2.14. The molecule has 126 valence electrons. The minimum Gasteiger partial charge on any atom is -0.378 e. The van der Waals surface area contributed by atoms with E-state index in [2.05, 4.69) is 23.2 Å². The van der Waals surface area contributed by atoms with Crippen LogP contribution in [0.2, 0.25) is 5.02 Å². The number of rotatable bonds is 3. The van der Waals surface area contributed by atoms with Crippen molar-refractivity contribution in [3.63, 3.8) is 0 Å². The number of morpholine rings is 1. The molecule has 0 saturated carbocycles. The summed E-state index contributed by atoms with van der Waals surface area (Å²) >= 11 is 6.10. The van der Waals surface area contributed by atoms with Crippen LogP contribution in [-0.2, 0) is 4.74 Å². The lowest BCUT2D eigenvalue weighted by Gasteiger charge is -2.30. The van der Waals surface area contributed by atoms with Crippen molar-refractivity contribution in [2.75, 3.05) is 36.5 Å². The van der Waals surface area contributed by atoms with Crippen molar-refractivity contribution in [3.8, 4) is 0 Å². The van der Waals surface area contributed by atoms with Crippen molar-refractivity contribution in [3.05, 3.63) is 58.1 Å². The lowest BCUT2D eigenvalue weighted by Crippen LogP contribution is -2.36. The fourth-order valence-electron chi connectivity index (χ4n) is 2.83. The number of nitrogens with zero attached hydrogens (tertiary/aromatic N) is 1. The number of hydrogen-bond donors (Lipinski definition) is 1. The molecule has 3 rings (SSSR count). The van der Waals surface area contributed by atoms with Crippen LogP contribution in [0, 0.1) is 13.8 Å². The molecule has 0 aliphatic carbocycles. The predicted octanol–water partition coefficient (Wildman–Crippen LogP) is 4.05. The maximum atomic E-state index is 12.4. The van der Waals surface area contributed by atoms with E-state index in [1.807, 2.05) is 25.1 Å².